The summed E-state index contributed by atoms with van der Waals surface area (Å²) in [5, 5.41) is 11.7. The number of furan rings is 2. The molecule has 6 heteroatoms. The molecule has 0 saturated carbocycles. The molecule has 2 heterocycles. The van der Waals surface area contributed by atoms with Crippen molar-refractivity contribution in [3.05, 3.63) is 182 Å². The van der Waals surface area contributed by atoms with E-state index >= 15 is 0 Å². The first-order valence-corrected chi connectivity index (χ1v) is 28.6. The summed E-state index contributed by atoms with van der Waals surface area (Å²) in [5.41, 5.74) is 10.4. The first kappa shape index (κ1) is 38.1. The lowest BCUT2D eigenvalue weighted by molar-refractivity contribution is 0.663. The fraction of sp³-hybridized carbons (Fsp3) is 0.107. The summed E-state index contributed by atoms with van der Waals surface area (Å²) in [5.74, 6) is 0. The van der Waals surface area contributed by atoms with Crippen molar-refractivity contribution >= 4 is 126 Å². The number of para-hydroxylation sites is 4. The smallest absolute Gasteiger partial charge is 0.147 e. The Hall–Kier alpha value is -6.87. The maximum atomic E-state index is 6.90. The minimum absolute atomic E-state index is 0.823. The molecule has 11 rings (SSSR count). The van der Waals surface area contributed by atoms with E-state index in [2.05, 4.69) is 231 Å². The predicted octanol–water partition coefficient (Wildman–Crippen LogP) is 15.8. The summed E-state index contributed by atoms with van der Waals surface area (Å²) >= 11 is 0. The minimum atomic E-state index is -1.67. The highest BCUT2D eigenvalue weighted by atomic mass is 28.3. The Morgan fingerprint density at radius 3 is 1.32 bits per heavy atom. The van der Waals surface area contributed by atoms with E-state index in [0.717, 1.165) is 82.8 Å². The van der Waals surface area contributed by atoms with Crippen LogP contribution in [0.2, 0.25) is 39.3 Å². The number of benzene rings is 9. The van der Waals surface area contributed by atoms with E-state index in [0.29, 0.717) is 0 Å². The van der Waals surface area contributed by atoms with Crippen LogP contribution >= 0.6 is 0 Å². The van der Waals surface area contributed by atoms with Gasteiger partial charge in [0, 0.05) is 50.3 Å². The van der Waals surface area contributed by atoms with E-state index in [9.17, 15) is 0 Å². The van der Waals surface area contributed by atoms with E-state index < -0.39 is 16.1 Å². The van der Waals surface area contributed by atoms with Crippen molar-refractivity contribution in [1.82, 2.24) is 0 Å². The summed E-state index contributed by atoms with van der Waals surface area (Å²) in [6.45, 7) is 14.5. The van der Waals surface area contributed by atoms with Gasteiger partial charge in [-0.2, -0.15) is 0 Å². The Morgan fingerprint density at radius 1 is 0.339 bits per heavy atom. The number of hydrogen-bond acceptors (Lipinski definition) is 4. The Morgan fingerprint density at radius 2 is 0.806 bits per heavy atom. The fourth-order valence-electron chi connectivity index (χ4n) is 9.45. The molecule has 62 heavy (non-hydrogen) atoms. The van der Waals surface area contributed by atoms with Crippen LogP contribution in [0.1, 0.15) is 0 Å². The number of anilines is 6. The second-order valence-corrected chi connectivity index (χ2v) is 28.7. The van der Waals surface area contributed by atoms with Crippen molar-refractivity contribution in [2.24, 2.45) is 0 Å². The van der Waals surface area contributed by atoms with Crippen molar-refractivity contribution in [3.63, 3.8) is 0 Å². The highest BCUT2D eigenvalue weighted by molar-refractivity contribution is 6.90. The summed E-state index contributed by atoms with van der Waals surface area (Å²) in [6, 6.07) is 66.1. The SMILES string of the molecule is C[Si](C)(C)c1ccccc1N(c1ccccc1)c1ccc2cc3c(cc2c1)oc1c3ccc2oc3cc4cc(N(c5ccccc5)c5ccccc5[Si](C)(C)C)ccc4cc3c21. The van der Waals surface area contributed by atoms with Gasteiger partial charge in [0.2, 0.25) is 0 Å². The van der Waals surface area contributed by atoms with Gasteiger partial charge in [-0.3, -0.25) is 0 Å². The highest BCUT2D eigenvalue weighted by Gasteiger charge is 2.27. The van der Waals surface area contributed by atoms with Crippen LogP contribution in [-0.2, 0) is 0 Å². The topological polar surface area (TPSA) is 32.8 Å². The van der Waals surface area contributed by atoms with Gasteiger partial charge in [-0.1, -0.05) is 124 Å². The van der Waals surface area contributed by atoms with Gasteiger partial charge in [-0.15, -0.1) is 0 Å². The molecular formula is C56H48N2O2Si2. The van der Waals surface area contributed by atoms with E-state index in [1.54, 1.807) is 0 Å². The van der Waals surface area contributed by atoms with E-state index in [-0.39, 0.29) is 0 Å². The van der Waals surface area contributed by atoms with Gasteiger partial charge in [-0.05, 0) is 129 Å². The lowest BCUT2D eigenvalue weighted by Crippen LogP contribution is -2.40. The average molecular weight is 837 g/mol. The van der Waals surface area contributed by atoms with Gasteiger partial charge in [0.05, 0.1) is 21.5 Å². The lowest BCUT2D eigenvalue weighted by Gasteiger charge is -2.31. The largest absolute Gasteiger partial charge is 0.456 e. The van der Waals surface area contributed by atoms with Crippen LogP contribution < -0.4 is 20.2 Å². The van der Waals surface area contributed by atoms with Crippen LogP contribution in [0.4, 0.5) is 34.1 Å². The third-order valence-corrected chi connectivity index (χ3v) is 16.5. The van der Waals surface area contributed by atoms with Gasteiger partial charge in [-0.25, -0.2) is 0 Å². The first-order chi connectivity index (χ1) is 30.0. The molecular weight excluding hydrogens is 789 g/mol. The molecule has 0 bridgehead atoms. The first-order valence-electron chi connectivity index (χ1n) is 21.6. The molecule has 0 saturated heterocycles. The third-order valence-electron chi connectivity index (χ3n) is 12.4. The highest BCUT2D eigenvalue weighted by Crippen LogP contribution is 2.44. The Balaban J connectivity index is 1.04. The van der Waals surface area contributed by atoms with Gasteiger partial charge in [0.25, 0.3) is 0 Å². The molecule has 0 aliphatic carbocycles. The number of fused-ring (bicyclic) bond motifs is 9. The van der Waals surface area contributed by atoms with Crippen molar-refractivity contribution < 1.29 is 8.83 Å². The number of nitrogens with zero attached hydrogens (tertiary/aromatic N) is 2. The molecule has 0 atom stereocenters. The Labute approximate surface area is 364 Å². The molecule has 9 aromatic carbocycles. The minimum Gasteiger partial charge on any atom is -0.456 e. The van der Waals surface area contributed by atoms with Gasteiger partial charge in [0.15, 0.2) is 0 Å². The molecule has 0 N–H and O–H groups in total. The maximum absolute atomic E-state index is 6.90. The van der Waals surface area contributed by atoms with Gasteiger partial charge < -0.3 is 18.6 Å². The van der Waals surface area contributed by atoms with Crippen LogP contribution in [0.3, 0.4) is 0 Å². The van der Waals surface area contributed by atoms with Crippen molar-refractivity contribution in [3.8, 4) is 0 Å². The van der Waals surface area contributed by atoms with Crippen molar-refractivity contribution in [2.45, 2.75) is 39.3 Å². The zero-order valence-electron chi connectivity index (χ0n) is 36.0. The number of rotatable bonds is 8. The molecule has 0 fully saturated rings. The van der Waals surface area contributed by atoms with Crippen LogP contribution in [0.5, 0.6) is 0 Å². The average Bonchev–Trinajstić information content (AvgIpc) is 3.82. The fourth-order valence-corrected chi connectivity index (χ4v) is 12.6. The quantitative estimate of drug-likeness (QED) is 0.143. The Kier molecular flexibility index (Phi) is 8.83. The Bertz CT molecular complexity index is 3500. The number of hydrogen-bond donors (Lipinski definition) is 0. The second kappa shape index (κ2) is 14.4. The van der Waals surface area contributed by atoms with Crippen LogP contribution in [0, 0.1) is 0 Å². The summed E-state index contributed by atoms with van der Waals surface area (Å²) < 4.78 is 13.6. The van der Waals surface area contributed by atoms with Crippen LogP contribution in [0.25, 0.3) is 65.4 Å². The molecule has 4 nitrogen and oxygen atoms in total. The monoisotopic (exact) mass is 836 g/mol. The molecule has 0 radical (unpaired) electrons. The molecule has 2 aromatic heterocycles. The van der Waals surface area contributed by atoms with E-state index in [1.807, 2.05) is 0 Å². The van der Waals surface area contributed by atoms with Crippen LogP contribution in [-0.4, -0.2) is 16.1 Å². The van der Waals surface area contributed by atoms with Crippen molar-refractivity contribution in [2.75, 3.05) is 9.80 Å². The molecule has 0 aliphatic heterocycles. The normalized spacial score (nSPS) is 12.4. The van der Waals surface area contributed by atoms with Crippen LogP contribution in [0.15, 0.2) is 191 Å². The zero-order valence-corrected chi connectivity index (χ0v) is 38.0. The van der Waals surface area contributed by atoms with E-state index in [4.69, 9.17) is 8.83 Å². The second-order valence-electron chi connectivity index (χ2n) is 18.7. The summed E-state index contributed by atoms with van der Waals surface area (Å²) in [4.78, 5) is 4.82. The van der Waals surface area contributed by atoms with Gasteiger partial charge >= 0.3 is 0 Å². The standard InChI is InChI=1S/C56H48N2O2Si2/c1-61(2,3)53-23-15-13-21-48(53)57(41-17-9-7-10-18-41)43-27-25-37-33-46-45-29-30-50-55(56(45)60-51(46)35-39(37)31-43)47-34-38-26-28-44(32-40(38)36-52(47)59-50)58(42-19-11-8-12-20-42)49-22-14-16-24-54(49)62(4,5)6/h7-36H,1-6H3. The molecule has 0 aliphatic rings. The molecule has 302 valence electrons. The molecule has 0 amide bonds. The van der Waals surface area contributed by atoms with Gasteiger partial charge in [0.1, 0.15) is 22.3 Å². The lowest BCUT2D eigenvalue weighted by atomic mass is 10.0. The zero-order chi connectivity index (χ0) is 42.3. The molecule has 0 spiro atoms. The third kappa shape index (κ3) is 6.41. The molecule has 0 unspecified atom stereocenters. The summed E-state index contributed by atoms with van der Waals surface area (Å²) in [6.07, 6.45) is 0. The van der Waals surface area contributed by atoms with Crippen molar-refractivity contribution in [1.29, 1.82) is 0 Å². The van der Waals surface area contributed by atoms with E-state index in [1.165, 1.54) is 27.1 Å². The maximum Gasteiger partial charge on any atom is 0.147 e. The summed E-state index contributed by atoms with van der Waals surface area (Å²) in [7, 11) is -3.35. The predicted molar refractivity (Wildman–Crippen MR) is 271 cm³/mol. The molecule has 11 aromatic rings.